The number of nitrogens with zero attached hydrogens (tertiary/aromatic N) is 2. The zero-order chi connectivity index (χ0) is 21.6. The molecule has 1 aromatic rings. The molecule has 0 saturated carbocycles. The standard InChI is InChI=1S/C23H36N4O2S/c1-5-24-22(26-16-23(4)11-6-12-30-23)25-13-19-7-9-20(10-8-19)21(28)27-14-17(2)29-18(3)15-27/h7-10,17-18H,5-6,11-16H2,1-4H3,(H2,24,25,26). The van der Waals surface area contributed by atoms with Gasteiger partial charge in [-0.15, -0.1) is 0 Å². The maximum absolute atomic E-state index is 12.8. The van der Waals surface area contributed by atoms with E-state index >= 15 is 0 Å². The largest absolute Gasteiger partial charge is 0.372 e. The molecular weight excluding hydrogens is 396 g/mol. The normalized spacial score (nSPS) is 27.2. The number of nitrogens with one attached hydrogen (secondary N) is 2. The van der Waals surface area contributed by atoms with Crippen LogP contribution in [0.2, 0.25) is 0 Å². The van der Waals surface area contributed by atoms with Crippen molar-refractivity contribution in [3.63, 3.8) is 0 Å². The third kappa shape index (κ3) is 6.38. The fourth-order valence-corrected chi connectivity index (χ4v) is 5.28. The van der Waals surface area contributed by atoms with E-state index in [2.05, 4.69) is 24.5 Å². The first-order valence-electron chi connectivity index (χ1n) is 11.1. The van der Waals surface area contributed by atoms with E-state index in [-0.39, 0.29) is 18.1 Å². The van der Waals surface area contributed by atoms with Crippen molar-refractivity contribution >= 4 is 23.6 Å². The summed E-state index contributed by atoms with van der Waals surface area (Å²) < 4.78 is 6.03. The number of hydrogen-bond donors (Lipinski definition) is 2. The monoisotopic (exact) mass is 432 g/mol. The highest BCUT2D eigenvalue weighted by Crippen LogP contribution is 2.36. The van der Waals surface area contributed by atoms with Crippen molar-refractivity contribution in [2.45, 2.75) is 64.0 Å². The number of carbonyl (C=O) groups excluding carboxylic acids is 1. The van der Waals surface area contributed by atoms with Crippen molar-refractivity contribution in [1.29, 1.82) is 0 Å². The van der Waals surface area contributed by atoms with Crippen LogP contribution in [0.4, 0.5) is 0 Å². The smallest absolute Gasteiger partial charge is 0.254 e. The van der Waals surface area contributed by atoms with E-state index in [4.69, 9.17) is 9.73 Å². The summed E-state index contributed by atoms with van der Waals surface area (Å²) in [6, 6.07) is 7.83. The van der Waals surface area contributed by atoms with Gasteiger partial charge in [-0.25, -0.2) is 4.99 Å². The maximum Gasteiger partial charge on any atom is 0.254 e. The number of morpholine rings is 1. The van der Waals surface area contributed by atoms with Gasteiger partial charge >= 0.3 is 0 Å². The Bertz CT molecular complexity index is 721. The summed E-state index contributed by atoms with van der Waals surface area (Å²) in [6.45, 7) is 12.1. The molecule has 0 spiro atoms. The van der Waals surface area contributed by atoms with Crippen LogP contribution in [0.15, 0.2) is 29.3 Å². The molecule has 30 heavy (non-hydrogen) atoms. The number of benzene rings is 1. The first-order valence-corrected chi connectivity index (χ1v) is 12.1. The molecule has 3 rings (SSSR count). The number of rotatable bonds is 6. The van der Waals surface area contributed by atoms with E-state index in [0.717, 1.165) is 30.2 Å². The lowest BCUT2D eigenvalue weighted by Crippen LogP contribution is -2.48. The lowest BCUT2D eigenvalue weighted by molar-refractivity contribution is -0.0586. The van der Waals surface area contributed by atoms with Crippen LogP contribution in [0.25, 0.3) is 0 Å². The molecule has 1 amide bonds. The van der Waals surface area contributed by atoms with Gasteiger partial charge in [-0.2, -0.15) is 11.8 Å². The van der Waals surface area contributed by atoms with Crippen molar-refractivity contribution in [1.82, 2.24) is 15.5 Å². The molecule has 6 nitrogen and oxygen atoms in total. The van der Waals surface area contributed by atoms with Gasteiger partial charge in [-0.05, 0) is 64.0 Å². The summed E-state index contributed by atoms with van der Waals surface area (Å²) in [6.07, 6.45) is 2.70. The van der Waals surface area contributed by atoms with Crippen molar-refractivity contribution in [2.75, 3.05) is 31.9 Å². The Morgan fingerprint density at radius 1 is 1.23 bits per heavy atom. The highest BCUT2D eigenvalue weighted by Gasteiger charge is 2.29. The first kappa shape index (κ1) is 22.9. The molecule has 0 aliphatic carbocycles. The summed E-state index contributed by atoms with van der Waals surface area (Å²) in [4.78, 5) is 19.4. The maximum atomic E-state index is 12.8. The van der Waals surface area contributed by atoms with Gasteiger partial charge in [-0.1, -0.05) is 12.1 Å². The number of thioether (sulfide) groups is 1. The van der Waals surface area contributed by atoms with Gasteiger partial charge in [0.05, 0.1) is 18.8 Å². The Hall–Kier alpha value is -1.73. The van der Waals surface area contributed by atoms with Crippen LogP contribution in [-0.4, -0.2) is 65.7 Å². The minimum atomic E-state index is 0.0735. The predicted octanol–water partition coefficient (Wildman–Crippen LogP) is 3.28. The lowest BCUT2D eigenvalue weighted by atomic mass is 10.1. The highest BCUT2D eigenvalue weighted by atomic mass is 32.2. The van der Waals surface area contributed by atoms with Crippen LogP contribution < -0.4 is 10.6 Å². The molecule has 3 unspecified atom stereocenters. The average molecular weight is 433 g/mol. The molecule has 2 heterocycles. The number of amides is 1. The van der Waals surface area contributed by atoms with Crippen molar-refractivity contribution in [3.8, 4) is 0 Å². The second-order valence-electron chi connectivity index (χ2n) is 8.62. The van der Waals surface area contributed by atoms with E-state index < -0.39 is 0 Å². The predicted molar refractivity (Wildman–Crippen MR) is 125 cm³/mol. The van der Waals surface area contributed by atoms with Gasteiger partial charge in [0.15, 0.2) is 5.96 Å². The van der Waals surface area contributed by atoms with E-state index in [0.29, 0.717) is 24.4 Å². The third-order valence-corrected chi connectivity index (χ3v) is 7.14. The topological polar surface area (TPSA) is 66.0 Å². The van der Waals surface area contributed by atoms with Crippen molar-refractivity contribution < 1.29 is 9.53 Å². The quantitative estimate of drug-likeness (QED) is 0.533. The van der Waals surface area contributed by atoms with Crippen LogP contribution >= 0.6 is 11.8 Å². The molecule has 1 aromatic carbocycles. The summed E-state index contributed by atoms with van der Waals surface area (Å²) in [7, 11) is 0. The Kier molecular flexibility index (Phi) is 8.06. The molecule has 7 heteroatoms. The summed E-state index contributed by atoms with van der Waals surface area (Å²) in [5, 5.41) is 6.83. The number of hydrogen-bond acceptors (Lipinski definition) is 4. The fraction of sp³-hybridized carbons (Fsp3) is 0.652. The van der Waals surface area contributed by atoms with Gasteiger partial charge in [0.1, 0.15) is 0 Å². The SMILES string of the molecule is CCNC(=NCc1ccc(C(=O)N2CC(C)OC(C)C2)cc1)NCC1(C)CCCS1. The molecule has 2 aliphatic heterocycles. The van der Waals surface area contributed by atoms with Crippen molar-refractivity contribution in [3.05, 3.63) is 35.4 Å². The molecule has 0 bridgehead atoms. The van der Waals surface area contributed by atoms with Gasteiger partial charge in [0.25, 0.3) is 5.91 Å². The zero-order valence-electron chi connectivity index (χ0n) is 18.7. The molecule has 2 saturated heterocycles. The van der Waals surface area contributed by atoms with E-state index in [1.54, 1.807) is 0 Å². The Morgan fingerprint density at radius 2 is 1.93 bits per heavy atom. The summed E-state index contributed by atoms with van der Waals surface area (Å²) in [5.74, 6) is 2.17. The Balaban J connectivity index is 1.57. The lowest BCUT2D eigenvalue weighted by Gasteiger charge is -2.35. The summed E-state index contributed by atoms with van der Waals surface area (Å²) in [5.41, 5.74) is 1.81. The Morgan fingerprint density at radius 3 is 2.53 bits per heavy atom. The third-order valence-electron chi connectivity index (χ3n) is 5.60. The fourth-order valence-electron chi connectivity index (χ4n) is 4.04. The van der Waals surface area contributed by atoms with Gasteiger partial charge in [0, 0.05) is 36.5 Å². The number of carbonyl (C=O) groups is 1. The highest BCUT2D eigenvalue weighted by molar-refractivity contribution is 8.00. The second-order valence-corrected chi connectivity index (χ2v) is 10.3. The van der Waals surface area contributed by atoms with E-state index in [1.807, 2.05) is 54.8 Å². The van der Waals surface area contributed by atoms with E-state index in [9.17, 15) is 4.79 Å². The van der Waals surface area contributed by atoms with Crippen LogP contribution in [0.5, 0.6) is 0 Å². The molecule has 2 fully saturated rings. The molecular formula is C23H36N4O2S. The average Bonchev–Trinajstić information content (AvgIpc) is 3.16. The molecule has 0 aromatic heterocycles. The minimum absolute atomic E-state index is 0.0735. The number of aliphatic imine (C=N–C) groups is 1. The Labute approximate surface area is 185 Å². The number of guanidine groups is 1. The second kappa shape index (κ2) is 10.5. The van der Waals surface area contributed by atoms with Crippen LogP contribution in [0, 0.1) is 0 Å². The minimum Gasteiger partial charge on any atom is -0.372 e. The first-order chi connectivity index (χ1) is 14.4. The molecule has 2 N–H and O–H groups in total. The molecule has 0 radical (unpaired) electrons. The van der Waals surface area contributed by atoms with Gasteiger partial charge in [-0.3, -0.25) is 4.79 Å². The van der Waals surface area contributed by atoms with Gasteiger partial charge < -0.3 is 20.3 Å². The van der Waals surface area contributed by atoms with Gasteiger partial charge in [0.2, 0.25) is 0 Å². The van der Waals surface area contributed by atoms with E-state index in [1.165, 1.54) is 18.6 Å². The van der Waals surface area contributed by atoms with Crippen LogP contribution in [0.3, 0.4) is 0 Å². The zero-order valence-corrected chi connectivity index (χ0v) is 19.6. The van der Waals surface area contributed by atoms with Crippen molar-refractivity contribution in [2.24, 2.45) is 4.99 Å². The summed E-state index contributed by atoms with van der Waals surface area (Å²) >= 11 is 2.05. The molecule has 166 valence electrons. The van der Waals surface area contributed by atoms with Crippen LogP contribution in [-0.2, 0) is 11.3 Å². The molecule has 3 atom stereocenters. The van der Waals surface area contributed by atoms with Crippen LogP contribution in [0.1, 0.15) is 56.5 Å². The number of ether oxygens (including phenoxy) is 1. The molecule has 2 aliphatic rings.